The molecule has 7 heteroatoms. The highest BCUT2D eigenvalue weighted by Gasteiger charge is 2.14. The molecular formula is C20H21N3O4. The molecule has 0 aliphatic heterocycles. The number of pyridine rings is 1. The van der Waals surface area contributed by atoms with Gasteiger partial charge in [0.1, 0.15) is 11.5 Å². The molecule has 0 saturated heterocycles. The summed E-state index contributed by atoms with van der Waals surface area (Å²) >= 11 is 0. The predicted octanol–water partition coefficient (Wildman–Crippen LogP) is 3.01. The van der Waals surface area contributed by atoms with Crippen molar-refractivity contribution in [3.8, 4) is 23.0 Å². The fraction of sp³-hybridized carbons (Fsp3) is 0.250. The molecule has 7 nitrogen and oxygen atoms in total. The maximum absolute atomic E-state index is 12.1. The smallest absolute Gasteiger partial charge is 0.226 e. The number of hydrogen-bond donors (Lipinski definition) is 2. The first-order valence-electron chi connectivity index (χ1n) is 8.56. The second-order valence-corrected chi connectivity index (χ2v) is 6.05. The Morgan fingerprint density at radius 2 is 2.19 bits per heavy atom. The number of amides is 1. The molecule has 2 aromatic heterocycles. The Hall–Kier alpha value is -3.35. The molecule has 0 unspecified atom stereocenters. The van der Waals surface area contributed by atoms with Gasteiger partial charge in [-0.25, -0.2) is 4.98 Å². The van der Waals surface area contributed by atoms with Crippen molar-refractivity contribution in [1.82, 2.24) is 15.3 Å². The lowest BCUT2D eigenvalue weighted by molar-refractivity contribution is -0.121. The molecule has 1 amide bonds. The maximum Gasteiger partial charge on any atom is 0.226 e. The number of rotatable bonds is 7. The molecule has 0 radical (unpaired) electrons. The van der Waals surface area contributed by atoms with Crippen LogP contribution < -0.4 is 10.1 Å². The Bertz CT molecular complexity index is 922. The van der Waals surface area contributed by atoms with E-state index in [0.29, 0.717) is 41.5 Å². The summed E-state index contributed by atoms with van der Waals surface area (Å²) in [5.41, 5.74) is 2.36. The standard InChI is InChI=1S/C20H21N3O4/c1-13-16(12-22-19(25)8-5-14-4-3-9-21-11-14)23-20(27-13)15-6-7-17(24)18(10-15)26-2/h3-4,6-7,9-11,24H,5,8,12H2,1-2H3,(H,22,25). The molecule has 0 aliphatic rings. The Morgan fingerprint density at radius 3 is 2.93 bits per heavy atom. The van der Waals surface area contributed by atoms with Gasteiger partial charge in [-0.3, -0.25) is 9.78 Å². The lowest BCUT2D eigenvalue weighted by Gasteiger charge is -2.04. The monoisotopic (exact) mass is 367 g/mol. The zero-order chi connectivity index (χ0) is 19.2. The minimum absolute atomic E-state index is 0.0469. The van der Waals surface area contributed by atoms with Crippen molar-refractivity contribution in [2.45, 2.75) is 26.3 Å². The van der Waals surface area contributed by atoms with Crippen LogP contribution in [0.4, 0.5) is 0 Å². The number of phenols is 1. The third-order valence-corrected chi connectivity index (χ3v) is 4.14. The first-order chi connectivity index (χ1) is 13.1. The van der Waals surface area contributed by atoms with Crippen molar-refractivity contribution < 1.29 is 19.1 Å². The Labute approximate surface area is 157 Å². The number of nitrogens with zero attached hydrogens (tertiary/aromatic N) is 2. The molecule has 2 N–H and O–H groups in total. The number of oxazole rings is 1. The van der Waals surface area contributed by atoms with Crippen LogP contribution in [0.2, 0.25) is 0 Å². The van der Waals surface area contributed by atoms with Crippen molar-refractivity contribution in [2.24, 2.45) is 0 Å². The summed E-state index contributed by atoms with van der Waals surface area (Å²) in [5.74, 6) is 1.36. The predicted molar refractivity (Wildman–Crippen MR) is 99.3 cm³/mol. The van der Waals surface area contributed by atoms with E-state index in [9.17, 15) is 9.90 Å². The maximum atomic E-state index is 12.1. The van der Waals surface area contributed by atoms with Crippen molar-refractivity contribution in [1.29, 1.82) is 0 Å². The van der Waals surface area contributed by atoms with Gasteiger partial charge in [0.2, 0.25) is 11.8 Å². The molecule has 0 saturated carbocycles. The first kappa shape index (κ1) is 18.4. The molecule has 0 spiro atoms. The third-order valence-electron chi connectivity index (χ3n) is 4.14. The number of hydrogen-bond acceptors (Lipinski definition) is 6. The van der Waals surface area contributed by atoms with Gasteiger partial charge in [-0.1, -0.05) is 6.07 Å². The highest BCUT2D eigenvalue weighted by Crippen LogP contribution is 2.31. The number of methoxy groups -OCH3 is 1. The van der Waals surface area contributed by atoms with Crippen LogP contribution in [0.3, 0.4) is 0 Å². The molecule has 140 valence electrons. The molecule has 1 aromatic carbocycles. The van der Waals surface area contributed by atoms with E-state index in [1.807, 2.05) is 12.1 Å². The second kappa shape index (κ2) is 8.35. The second-order valence-electron chi connectivity index (χ2n) is 6.05. The van der Waals surface area contributed by atoms with E-state index in [1.165, 1.54) is 13.2 Å². The van der Waals surface area contributed by atoms with Crippen molar-refractivity contribution in [3.63, 3.8) is 0 Å². The van der Waals surface area contributed by atoms with E-state index in [4.69, 9.17) is 9.15 Å². The zero-order valence-corrected chi connectivity index (χ0v) is 15.2. The minimum atomic E-state index is -0.0610. The normalized spacial score (nSPS) is 10.6. The van der Waals surface area contributed by atoms with Crippen LogP contribution in [0.15, 0.2) is 47.1 Å². The largest absolute Gasteiger partial charge is 0.504 e. The number of aromatic hydroxyl groups is 1. The molecule has 27 heavy (non-hydrogen) atoms. The van der Waals surface area contributed by atoms with Gasteiger partial charge in [0.15, 0.2) is 11.5 Å². The van der Waals surface area contributed by atoms with Crippen LogP contribution >= 0.6 is 0 Å². The Balaban J connectivity index is 1.60. The van der Waals surface area contributed by atoms with Gasteiger partial charge in [-0.05, 0) is 43.2 Å². The van der Waals surface area contributed by atoms with E-state index < -0.39 is 0 Å². The number of nitrogens with one attached hydrogen (secondary N) is 1. The number of aromatic nitrogens is 2. The highest BCUT2D eigenvalue weighted by atomic mass is 16.5. The summed E-state index contributed by atoms with van der Waals surface area (Å²) in [5, 5.41) is 12.6. The van der Waals surface area contributed by atoms with Gasteiger partial charge in [0.05, 0.1) is 13.7 Å². The summed E-state index contributed by atoms with van der Waals surface area (Å²) in [6.45, 7) is 2.09. The van der Waals surface area contributed by atoms with Crippen LogP contribution in [-0.4, -0.2) is 28.1 Å². The summed E-state index contributed by atoms with van der Waals surface area (Å²) in [6, 6.07) is 8.66. The van der Waals surface area contributed by atoms with Crippen molar-refractivity contribution in [3.05, 3.63) is 59.7 Å². The zero-order valence-electron chi connectivity index (χ0n) is 15.2. The van der Waals surface area contributed by atoms with Crippen molar-refractivity contribution >= 4 is 5.91 Å². The fourth-order valence-electron chi connectivity index (χ4n) is 2.60. The lowest BCUT2D eigenvalue weighted by atomic mass is 10.1. The molecule has 0 aliphatic carbocycles. The van der Waals surface area contributed by atoms with E-state index in [-0.39, 0.29) is 18.2 Å². The van der Waals surface area contributed by atoms with Crippen molar-refractivity contribution in [2.75, 3.05) is 7.11 Å². The summed E-state index contributed by atoms with van der Waals surface area (Å²) in [6.07, 6.45) is 4.48. The average molecular weight is 367 g/mol. The number of ether oxygens (including phenoxy) is 1. The van der Waals surface area contributed by atoms with E-state index in [1.54, 1.807) is 31.5 Å². The number of benzene rings is 1. The molecule has 3 aromatic rings. The topological polar surface area (TPSA) is 97.5 Å². The SMILES string of the molecule is COc1cc(-c2nc(CNC(=O)CCc3cccnc3)c(C)o2)ccc1O. The molecule has 0 atom stereocenters. The fourth-order valence-corrected chi connectivity index (χ4v) is 2.60. The highest BCUT2D eigenvalue weighted by molar-refractivity contribution is 5.76. The average Bonchev–Trinajstić information content (AvgIpc) is 3.06. The first-order valence-corrected chi connectivity index (χ1v) is 8.56. The molecule has 2 heterocycles. The molecule has 0 fully saturated rings. The van der Waals surface area contributed by atoms with E-state index in [0.717, 1.165) is 5.56 Å². The third kappa shape index (κ3) is 4.63. The number of aryl methyl sites for hydroxylation is 2. The van der Waals surface area contributed by atoms with E-state index in [2.05, 4.69) is 15.3 Å². The molecular weight excluding hydrogens is 346 g/mol. The minimum Gasteiger partial charge on any atom is -0.504 e. The Kier molecular flexibility index (Phi) is 5.71. The molecule has 3 rings (SSSR count). The number of phenolic OH excluding ortho intramolecular Hbond substituents is 1. The van der Waals surface area contributed by atoms with Crippen LogP contribution in [0.25, 0.3) is 11.5 Å². The Morgan fingerprint density at radius 1 is 1.33 bits per heavy atom. The van der Waals surface area contributed by atoms with Gasteiger partial charge in [-0.15, -0.1) is 0 Å². The van der Waals surface area contributed by atoms with Gasteiger partial charge < -0.3 is 19.6 Å². The van der Waals surface area contributed by atoms with Crippen LogP contribution in [-0.2, 0) is 17.8 Å². The quantitative estimate of drug-likeness (QED) is 0.666. The van der Waals surface area contributed by atoms with Gasteiger partial charge in [0.25, 0.3) is 0 Å². The summed E-state index contributed by atoms with van der Waals surface area (Å²) in [4.78, 5) is 20.5. The van der Waals surface area contributed by atoms with Crippen LogP contribution in [0.1, 0.15) is 23.4 Å². The number of carbonyl (C=O) groups is 1. The van der Waals surface area contributed by atoms with E-state index >= 15 is 0 Å². The van der Waals surface area contributed by atoms with Gasteiger partial charge in [-0.2, -0.15) is 0 Å². The van der Waals surface area contributed by atoms with Gasteiger partial charge >= 0.3 is 0 Å². The summed E-state index contributed by atoms with van der Waals surface area (Å²) in [7, 11) is 1.48. The van der Waals surface area contributed by atoms with Gasteiger partial charge in [0, 0.05) is 24.4 Å². The molecule has 0 bridgehead atoms. The number of carbonyl (C=O) groups excluding carboxylic acids is 1. The van der Waals surface area contributed by atoms with Crippen LogP contribution in [0.5, 0.6) is 11.5 Å². The lowest BCUT2D eigenvalue weighted by Crippen LogP contribution is -2.23. The van der Waals surface area contributed by atoms with Crippen LogP contribution in [0, 0.1) is 6.92 Å². The summed E-state index contributed by atoms with van der Waals surface area (Å²) < 4.78 is 10.8.